The van der Waals surface area contributed by atoms with Crippen molar-refractivity contribution in [2.24, 2.45) is 0 Å². The van der Waals surface area contributed by atoms with Crippen LogP contribution in [0.3, 0.4) is 0 Å². The number of hydroxylamine groups is 2. The lowest BCUT2D eigenvalue weighted by molar-refractivity contribution is -0.165. The van der Waals surface area contributed by atoms with Crippen molar-refractivity contribution in [2.75, 3.05) is 23.2 Å². The first-order valence-corrected chi connectivity index (χ1v) is 13.2. The monoisotopic (exact) mass is 570 g/mol. The molecule has 212 valence electrons. The predicted molar refractivity (Wildman–Crippen MR) is 152 cm³/mol. The van der Waals surface area contributed by atoms with Crippen LogP contribution in [0.15, 0.2) is 91.3 Å². The highest BCUT2D eigenvalue weighted by molar-refractivity contribution is 5.87. The first kappa shape index (κ1) is 27.4. The molecule has 3 heterocycles. The fourth-order valence-corrected chi connectivity index (χ4v) is 4.90. The second kappa shape index (κ2) is 10.6. The molecule has 1 fully saturated rings. The van der Waals surface area contributed by atoms with Crippen LogP contribution in [0, 0.1) is 11.3 Å². The van der Waals surface area contributed by atoms with Gasteiger partial charge >= 0.3 is 6.18 Å². The van der Waals surface area contributed by atoms with Crippen LogP contribution in [-0.2, 0) is 16.0 Å². The molecule has 42 heavy (non-hydrogen) atoms. The van der Waals surface area contributed by atoms with E-state index in [0.717, 1.165) is 50.5 Å². The summed E-state index contributed by atoms with van der Waals surface area (Å²) in [5, 5.41) is 13.6. The lowest BCUT2D eigenvalue weighted by atomic mass is 10.1. The van der Waals surface area contributed by atoms with Crippen LogP contribution >= 0.6 is 0 Å². The van der Waals surface area contributed by atoms with Gasteiger partial charge in [0.05, 0.1) is 33.9 Å². The summed E-state index contributed by atoms with van der Waals surface area (Å²) >= 11 is 0. The average molecular weight is 571 g/mol. The largest absolute Gasteiger partial charge is 0.417 e. The summed E-state index contributed by atoms with van der Waals surface area (Å²) in [6.45, 7) is 4.28. The molecule has 1 saturated heterocycles. The molecular weight excluding hydrogens is 545 g/mol. The van der Waals surface area contributed by atoms with E-state index < -0.39 is 23.0 Å². The molecule has 0 amide bonds. The molecule has 0 aliphatic carbocycles. The standard InChI is InChI=1S/C31H25F3N6O2/c1-30(2)39(42-40(41-30)26-8-7-23(20-35)27(19-26)31(32,33)34)16-15-38(24-9-11-28-21(17-24)5-3-13-36-28)25-10-12-29-22(18-25)6-4-14-37-29/h3-14,17-19H,15-16H2,1-2H3. The number of nitrogens with zero attached hydrogens (tertiary/aromatic N) is 6. The maximum Gasteiger partial charge on any atom is 0.417 e. The number of rotatable bonds is 6. The molecule has 0 spiro atoms. The summed E-state index contributed by atoms with van der Waals surface area (Å²) in [7, 11) is 0. The van der Waals surface area contributed by atoms with E-state index in [1.54, 1.807) is 37.4 Å². The van der Waals surface area contributed by atoms with E-state index in [4.69, 9.17) is 15.0 Å². The quantitative estimate of drug-likeness (QED) is 0.213. The molecule has 2 aromatic heterocycles. The predicted octanol–water partition coefficient (Wildman–Crippen LogP) is 7.15. The average Bonchev–Trinajstić information content (AvgIpc) is 3.30. The Morgan fingerprint density at radius 1 is 0.881 bits per heavy atom. The molecule has 8 nitrogen and oxygen atoms in total. The molecule has 0 unspecified atom stereocenters. The lowest BCUT2D eigenvalue weighted by Crippen LogP contribution is -2.42. The van der Waals surface area contributed by atoms with Crippen molar-refractivity contribution in [1.29, 1.82) is 5.26 Å². The maximum atomic E-state index is 13.6. The van der Waals surface area contributed by atoms with E-state index in [2.05, 4.69) is 27.0 Å². The van der Waals surface area contributed by atoms with Crippen molar-refractivity contribution < 1.29 is 22.9 Å². The fraction of sp³-hybridized carbons (Fsp3) is 0.194. The normalized spacial score (nSPS) is 15.3. The molecule has 1 aliphatic heterocycles. The van der Waals surface area contributed by atoms with Crippen LogP contribution in [0.2, 0.25) is 0 Å². The Labute approximate surface area is 239 Å². The molecule has 1 aliphatic rings. The summed E-state index contributed by atoms with van der Waals surface area (Å²) in [5.74, 6) is 0. The highest BCUT2D eigenvalue weighted by Gasteiger charge is 2.42. The smallest absolute Gasteiger partial charge is 0.340 e. The van der Waals surface area contributed by atoms with Crippen molar-refractivity contribution in [3.05, 3.63) is 102 Å². The molecule has 11 heteroatoms. The minimum atomic E-state index is -4.71. The summed E-state index contributed by atoms with van der Waals surface area (Å²) < 4.78 is 40.7. The van der Waals surface area contributed by atoms with Crippen LogP contribution < -0.4 is 10.1 Å². The van der Waals surface area contributed by atoms with Gasteiger partial charge in [0, 0.05) is 47.6 Å². The molecule has 5 aromatic rings. The third-order valence-electron chi connectivity index (χ3n) is 7.04. The second-order valence-electron chi connectivity index (χ2n) is 10.2. The molecule has 0 radical (unpaired) electrons. The topological polar surface area (TPSA) is 77.8 Å². The van der Waals surface area contributed by atoms with Gasteiger partial charge < -0.3 is 4.90 Å². The zero-order valence-electron chi connectivity index (χ0n) is 22.7. The Morgan fingerprint density at radius 2 is 1.50 bits per heavy atom. The van der Waals surface area contributed by atoms with Gasteiger partial charge in [-0.15, -0.1) is 10.3 Å². The molecule has 0 saturated carbocycles. The SMILES string of the molecule is CC1(C)ON(c2ccc(C#N)c(C(F)(F)F)c2)ON1CCN(c1ccc2ncccc2c1)c1ccc2ncccc2c1. The molecule has 0 N–H and O–H groups in total. The highest BCUT2D eigenvalue weighted by Crippen LogP contribution is 2.38. The molecule has 0 atom stereocenters. The third-order valence-corrected chi connectivity index (χ3v) is 7.04. The number of hydrogen-bond acceptors (Lipinski definition) is 8. The van der Waals surface area contributed by atoms with Crippen LogP contribution in [0.4, 0.5) is 30.2 Å². The molecule has 6 rings (SSSR count). The Kier molecular flexibility index (Phi) is 6.90. The number of alkyl halides is 3. The number of pyridine rings is 2. The molecule has 3 aromatic carbocycles. The van der Waals surface area contributed by atoms with Gasteiger partial charge in [-0.3, -0.25) is 9.97 Å². The van der Waals surface area contributed by atoms with E-state index >= 15 is 0 Å². The zero-order chi connectivity index (χ0) is 29.5. The number of fused-ring (bicyclic) bond motifs is 2. The zero-order valence-corrected chi connectivity index (χ0v) is 22.7. The van der Waals surface area contributed by atoms with Gasteiger partial charge in [-0.1, -0.05) is 12.1 Å². The van der Waals surface area contributed by atoms with Crippen LogP contribution in [-0.4, -0.2) is 33.8 Å². The summed E-state index contributed by atoms with van der Waals surface area (Å²) in [6.07, 6.45) is -1.21. The maximum absolute atomic E-state index is 13.6. The van der Waals surface area contributed by atoms with E-state index in [1.165, 1.54) is 6.07 Å². The first-order valence-electron chi connectivity index (χ1n) is 13.2. The molecular formula is C31H25F3N6O2. The molecule has 0 bridgehead atoms. The van der Waals surface area contributed by atoms with Crippen molar-refractivity contribution >= 4 is 38.9 Å². The Morgan fingerprint density at radius 3 is 2.07 bits per heavy atom. The number of anilines is 3. The van der Waals surface area contributed by atoms with Gasteiger partial charge in [0.2, 0.25) is 0 Å². The second-order valence-corrected chi connectivity index (χ2v) is 10.2. The number of nitriles is 1. The van der Waals surface area contributed by atoms with E-state index in [-0.39, 0.29) is 5.69 Å². The van der Waals surface area contributed by atoms with Crippen molar-refractivity contribution in [1.82, 2.24) is 15.0 Å². The number of halogens is 3. The van der Waals surface area contributed by atoms with Gasteiger partial charge in [0.1, 0.15) is 0 Å². The Bertz CT molecular complexity index is 1740. The summed E-state index contributed by atoms with van der Waals surface area (Å²) in [6, 6.07) is 24.7. The summed E-state index contributed by atoms with van der Waals surface area (Å²) in [4.78, 5) is 22.8. The van der Waals surface area contributed by atoms with Gasteiger partial charge in [-0.25, -0.2) is 4.84 Å². The van der Waals surface area contributed by atoms with E-state index in [1.807, 2.05) is 48.5 Å². The Hall–Kier alpha value is -4.76. The number of hydrogen-bond donors (Lipinski definition) is 0. The van der Waals surface area contributed by atoms with Crippen LogP contribution in [0.5, 0.6) is 0 Å². The minimum absolute atomic E-state index is 0.0119. The third kappa shape index (κ3) is 5.31. The number of aromatic nitrogens is 2. The van der Waals surface area contributed by atoms with Gasteiger partial charge in [0.25, 0.3) is 0 Å². The van der Waals surface area contributed by atoms with Gasteiger partial charge in [0.15, 0.2) is 5.72 Å². The minimum Gasteiger partial charge on any atom is -0.340 e. The summed E-state index contributed by atoms with van der Waals surface area (Å²) in [5.41, 5.74) is 1.06. The van der Waals surface area contributed by atoms with Gasteiger partial charge in [-0.2, -0.15) is 23.4 Å². The first-order chi connectivity index (χ1) is 20.1. The van der Waals surface area contributed by atoms with E-state index in [0.29, 0.717) is 13.1 Å². The highest BCUT2D eigenvalue weighted by atomic mass is 19.4. The van der Waals surface area contributed by atoms with Crippen molar-refractivity contribution in [3.63, 3.8) is 0 Å². The Balaban J connectivity index is 1.30. The van der Waals surface area contributed by atoms with Crippen LogP contribution in [0.1, 0.15) is 25.0 Å². The number of benzene rings is 3. The van der Waals surface area contributed by atoms with E-state index in [9.17, 15) is 13.2 Å². The van der Waals surface area contributed by atoms with Crippen molar-refractivity contribution in [2.45, 2.75) is 25.7 Å². The van der Waals surface area contributed by atoms with Crippen LogP contribution in [0.25, 0.3) is 21.8 Å². The fourth-order valence-electron chi connectivity index (χ4n) is 4.90. The van der Waals surface area contributed by atoms with Crippen molar-refractivity contribution in [3.8, 4) is 6.07 Å². The lowest BCUT2D eigenvalue weighted by Gasteiger charge is -2.30. The van der Waals surface area contributed by atoms with Gasteiger partial charge in [-0.05, 0) is 80.6 Å².